The molecule has 0 aliphatic carbocycles. The number of carbonyl (C=O) groups excluding carboxylic acids is 2. The lowest BCUT2D eigenvalue weighted by Gasteiger charge is -2.24. The van der Waals surface area contributed by atoms with Crippen LogP contribution in [-0.4, -0.2) is 21.8 Å². The van der Waals surface area contributed by atoms with E-state index in [0.29, 0.717) is 11.5 Å². The zero-order valence-electron chi connectivity index (χ0n) is 15.3. The van der Waals surface area contributed by atoms with Crippen LogP contribution in [0.25, 0.3) is 10.8 Å². The van der Waals surface area contributed by atoms with E-state index in [9.17, 15) is 9.59 Å². The number of aromatic nitrogens is 1. The molecule has 2 aromatic heterocycles. The first-order chi connectivity index (χ1) is 12.9. The molecule has 6 nitrogen and oxygen atoms in total. The van der Waals surface area contributed by atoms with Crippen molar-refractivity contribution in [1.29, 1.82) is 0 Å². The van der Waals surface area contributed by atoms with Crippen molar-refractivity contribution in [3.8, 4) is 10.8 Å². The summed E-state index contributed by atoms with van der Waals surface area (Å²) in [6.07, 6.45) is 0. The maximum Gasteiger partial charge on any atom is 0.325 e. The zero-order chi connectivity index (χ0) is 19.2. The van der Waals surface area contributed by atoms with Gasteiger partial charge in [0.25, 0.3) is 5.91 Å². The van der Waals surface area contributed by atoms with E-state index in [1.807, 2.05) is 55.6 Å². The van der Waals surface area contributed by atoms with Crippen molar-refractivity contribution in [2.75, 3.05) is 0 Å². The van der Waals surface area contributed by atoms with Gasteiger partial charge in [0, 0.05) is 5.38 Å². The first-order valence-corrected chi connectivity index (χ1v) is 9.48. The molecule has 27 heavy (non-hydrogen) atoms. The molecule has 3 aromatic rings. The summed E-state index contributed by atoms with van der Waals surface area (Å²) in [5, 5.41) is 5.42. The summed E-state index contributed by atoms with van der Waals surface area (Å²) in [4.78, 5) is 31.3. The molecule has 0 radical (unpaired) electrons. The third-order valence-corrected chi connectivity index (χ3v) is 5.69. The van der Waals surface area contributed by atoms with Gasteiger partial charge in [-0.25, -0.2) is 9.78 Å². The van der Waals surface area contributed by atoms with Crippen molar-refractivity contribution in [2.24, 2.45) is 0 Å². The van der Waals surface area contributed by atoms with E-state index in [2.05, 4.69) is 10.3 Å². The highest BCUT2D eigenvalue weighted by Gasteiger charge is 2.49. The fourth-order valence-electron chi connectivity index (χ4n) is 3.36. The number of hydrogen-bond acceptors (Lipinski definition) is 5. The van der Waals surface area contributed by atoms with Gasteiger partial charge in [-0.2, -0.15) is 0 Å². The number of carbonyl (C=O) groups is 2. The molecule has 1 aliphatic heterocycles. The molecule has 1 aromatic carbocycles. The molecular weight excluding hydrogens is 362 g/mol. The summed E-state index contributed by atoms with van der Waals surface area (Å²) >= 11 is 1.43. The fourth-order valence-corrected chi connectivity index (χ4v) is 4.13. The number of furan rings is 1. The second kappa shape index (κ2) is 6.35. The van der Waals surface area contributed by atoms with Crippen LogP contribution in [0.1, 0.15) is 29.5 Å². The van der Waals surface area contributed by atoms with Crippen molar-refractivity contribution in [1.82, 2.24) is 15.2 Å². The van der Waals surface area contributed by atoms with Gasteiger partial charge in [0.15, 0.2) is 10.8 Å². The minimum atomic E-state index is -1.07. The summed E-state index contributed by atoms with van der Waals surface area (Å²) < 4.78 is 5.59. The minimum Gasteiger partial charge on any atom is -0.459 e. The Morgan fingerprint density at radius 2 is 1.96 bits per heavy atom. The number of amides is 3. The fraction of sp³-hybridized carbons (Fsp3) is 0.250. The number of hydrogen-bond donors (Lipinski definition) is 1. The number of nitrogens with zero attached hydrogens (tertiary/aromatic N) is 2. The smallest absolute Gasteiger partial charge is 0.325 e. The van der Waals surface area contributed by atoms with Crippen LogP contribution < -0.4 is 5.32 Å². The van der Waals surface area contributed by atoms with Gasteiger partial charge < -0.3 is 9.73 Å². The summed E-state index contributed by atoms with van der Waals surface area (Å²) in [7, 11) is 0. The Bertz CT molecular complexity index is 1040. The first kappa shape index (κ1) is 17.5. The van der Waals surface area contributed by atoms with E-state index >= 15 is 0 Å². The lowest BCUT2D eigenvalue weighted by Crippen LogP contribution is -2.41. The monoisotopic (exact) mass is 381 g/mol. The number of imide groups is 1. The first-order valence-electron chi connectivity index (χ1n) is 8.60. The van der Waals surface area contributed by atoms with Gasteiger partial charge >= 0.3 is 6.03 Å². The molecule has 7 heteroatoms. The van der Waals surface area contributed by atoms with Crippen molar-refractivity contribution in [2.45, 2.75) is 32.9 Å². The van der Waals surface area contributed by atoms with Crippen molar-refractivity contribution >= 4 is 23.3 Å². The maximum absolute atomic E-state index is 13.1. The molecule has 1 fully saturated rings. The van der Waals surface area contributed by atoms with Crippen LogP contribution in [0.3, 0.4) is 0 Å². The molecule has 1 atom stereocenters. The molecule has 3 heterocycles. The second-order valence-corrected chi connectivity index (χ2v) is 7.67. The van der Waals surface area contributed by atoms with Gasteiger partial charge in [0.1, 0.15) is 11.3 Å². The Balaban J connectivity index is 1.59. The molecule has 0 spiro atoms. The van der Waals surface area contributed by atoms with Gasteiger partial charge in [0.05, 0.1) is 12.2 Å². The van der Waals surface area contributed by atoms with E-state index in [0.717, 1.165) is 21.9 Å². The number of thiazole rings is 1. The number of aryl methyl sites for hydroxylation is 2. The molecule has 1 N–H and O–H groups in total. The third kappa shape index (κ3) is 2.94. The number of urea groups is 1. The molecule has 3 amide bonds. The van der Waals surface area contributed by atoms with Crippen molar-refractivity contribution in [3.63, 3.8) is 0 Å². The highest BCUT2D eigenvalue weighted by atomic mass is 32.1. The topological polar surface area (TPSA) is 75.4 Å². The standard InChI is InChI=1S/C20H19N3O3S/c1-12-6-4-5-7-15(12)20(3)18(24)23(19(25)22-20)10-14-11-27-17(21-14)16-9-8-13(2)26-16/h4-9,11H,10H2,1-3H3,(H,22,25). The van der Waals surface area contributed by atoms with Gasteiger partial charge in [0.2, 0.25) is 0 Å². The Labute approximate surface area is 160 Å². The zero-order valence-corrected chi connectivity index (χ0v) is 16.1. The van der Waals surface area contributed by atoms with Crippen molar-refractivity contribution in [3.05, 3.63) is 64.4 Å². The van der Waals surface area contributed by atoms with Crippen LogP contribution in [0.15, 0.2) is 46.2 Å². The second-order valence-electron chi connectivity index (χ2n) is 6.82. The normalized spacial score (nSPS) is 19.6. The Hall–Kier alpha value is -2.93. The highest BCUT2D eigenvalue weighted by molar-refractivity contribution is 7.13. The van der Waals surface area contributed by atoms with Crippen LogP contribution in [0.4, 0.5) is 4.79 Å². The number of benzene rings is 1. The quantitative estimate of drug-likeness (QED) is 0.694. The highest BCUT2D eigenvalue weighted by Crippen LogP contribution is 2.32. The molecule has 0 bridgehead atoms. The predicted molar refractivity (Wildman–Crippen MR) is 102 cm³/mol. The number of rotatable bonds is 4. The lowest BCUT2D eigenvalue weighted by atomic mass is 9.88. The minimum absolute atomic E-state index is 0.127. The van der Waals surface area contributed by atoms with E-state index in [-0.39, 0.29) is 12.5 Å². The van der Waals surface area contributed by atoms with E-state index < -0.39 is 11.6 Å². The molecule has 4 rings (SSSR count). The van der Waals surface area contributed by atoms with Crippen LogP contribution in [0.2, 0.25) is 0 Å². The van der Waals surface area contributed by atoms with Crippen LogP contribution >= 0.6 is 11.3 Å². The Morgan fingerprint density at radius 3 is 2.67 bits per heavy atom. The Kier molecular flexibility index (Phi) is 4.11. The van der Waals surface area contributed by atoms with Crippen LogP contribution in [-0.2, 0) is 16.9 Å². The van der Waals surface area contributed by atoms with E-state index in [1.165, 1.54) is 16.2 Å². The lowest BCUT2D eigenvalue weighted by molar-refractivity contribution is -0.131. The van der Waals surface area contributed by atoms with Gasteiger partial charge in [-0.15, -0.1) is 11.3 Å². The largest absolute Gasteiger partial charge is 0.459 e. The molecule has 138 valence electrons. The average Bonchev–Trinajstić information content (AvgIpc) is 3.32. The third-order valence-electron chi connectivity index (χ3n) is 4.78. The van der Waals surface area contributed by atoms with Crippen molar-refractivity contribution < 1.29 is 14.0 Å². The van der Waals surface area contributed by atoms with E-state index in [4.69, 9.17) is 4.42 Å². The predicted octanol–water partition coefficient (Wildman–Crippen LogP) is 3.99. The summed E-state index contributed by atoms with van der Waals surface area (Å²) in [6, 6.07) is 10.9. The molecule has 1 aliphatic rings. The summed E-state index contributed by atoms with van der Waals surface area (Å²) in [5.74, 6) is 1.22. The van der Waals surface area contributed by atoms with Gasteiger partial charge in [-0.3, -0.25) is 9.69 Å². The average molecular weight is 381 g/mol. The molecule has 0 saturated carbocycles. The molecular formula is C20H19N3O3S. The van der Waals surface area contributed by atoms with Crippen LogP contribution in [0.5, 0.6) is 0 Å². The molecule has 1 unspecified atom stereocenters. The van der Waals surface area contributed by atoms with Gasteiger partial charge in [-0.05, 0) is 44.0 Å². The Morgan fingerprint density at radius 1 is 1.19 bits per heavy atom. The summed E-state index contributed by atoms with van der Waals surface area (Å²) in [6.45, 7) is 5.67. The molecule has 1 saturated heterocycles. The summed E-state index contributed by atoms with van der Waals surface area (Å²) in [5.41, 5.74) is 1.34. The van der Waals surface area contributed by atoms with E-state index in [1.54, 1.807) is 6.92 Å². The SMILES string of the molecule is Cc1ccc(-c2nc(CN3C(=O)NC(C)(c4ccccc4C)C3=O)cs2)o1. The maximum atomic E-state index is 13.1. The number of nitrogens with one attached hydrogen (secondary N) is 1. The van der Waals surface area contributed by atoms with Crippen LogP contribution in [0, 0.1) is 13.8 Å². The van der Waals surface area contributed by atoms with Gasteiger partial charge in [-0.1, -0.05) is 24.3 Å².